The largest absolute Gasteiger partial charge is 0.482 e. The number of aryl methyl sites for hydroxylation is 1. The molecule has 1 fully saturated rings. The van der Waals surface area contributed by atoms with Crippen molar-refractivity contribution >= 4 is 16.9 Å². The van der Waals surface area contributed by atoms with E-state index in [1.54, 1.807) is 31.3 Å². The highest BCUT2D eigenvalue weighted by Crippen LogP contribution is 2.36. The third-order valence-electron chi connectivity index (χ3n) is 6.51. The standard InChI is InChI=1S/C18H16F2N6O.C9H15NO/c1-10-16(24-25-23-10)12-7-14-17(26(9-22-14)18(19)20)15(8-12)27-11(2)13-5-3-4-6-21-13;1-3-9(11)10-7-5-4-6-8(10)2/h3-9,11,18H,1-2H3,(H,23,24,25);3,8H,1,4-7H2,2H3/t11-;8-/m11/s1. The van der Waals surface area contributed by atoms with Gasteiger partial charge in [-0.05, 0) is 70.4 Å². The quantitative estimate of drug-likeness (QED) is 0.329. The summed E-state index contributed by atoms with van der Waals surface area (Å²) < 4.78 is 33.7. The van der Waals surface area contributed by atoms with E-state index in [1.165, 1.54) is 12.5 Å². The van der Waals surface area contributed by atoms with Crippen molar-refractivity contribution < 1.29 is 18.3 Å². The normalized spacial score (nSPS) is 16.2. The van der Waals surface area contributed by atoms with Crippen LogP contribution in [0.25, 0.3) is 22.3 Å². The van der Waals surface area contributed by atoms with E-state index in [0.717, 1.165) is 30.3 Å². The summed E-state index contributed by atoms with van der Waals surface area (Å²) in [5.74, 6) is 0.359. The minimum Gasteiger partial charge on any atom is -0.482 e. The number of imidazole rings is 1. The first-order valence-corrected chi connectivity index (χ1v) is 12.5. The molecular formula is C27H31F2N7O2. The minimum atomic E-state index is -2.73. The number of nitrogens with zero attached hydrogens (tertiary/aromatic N) is 6. The zero-order valence-corrected chi connectivity index (χ0v) is 21.6. The number of likely N-dealkylation sites (tertiary alicyclic amines) is 1. The number of aromatic nitrogens is 6. The lowest BCUT2D eigenvalue weighted by atomic mass is 10.0. The van der Waals surface area contributed by atoms with Crippen LogP contribution in [0.4, 0.5) is 8.78 Å². The van der Waals surface area contributed by atoms with Gasteiger partial charge in [-0.3, -0.25) is 14.3 Å². The molecule has 0 unspecified atom stereocenters. The van der Waals surface area contributed by atoms with Crippen molar-refractivity contribution in [2.75, 3.05) is 6.54 Å². The molecule has 0 spiro atoms. The summed E-state index contributed by atoms with van der Waals surface area (Å²) in [5.41, 5.74) is 3.27. The number of aromatic amines is 1. The van der Waals surface area contributed by atoms with Crippen molar-refractivity contribution in [3.05, 3.63) is 66.9 Å². The van der Waals surface area contributed by atoms with Gasteiger partial charge in [0.1, 0.15) is 29.4 Å². The molecule has 200 valence electrons. The molecule has 1 amide bonds. The Labute approximate surface area is 219 Å². The number of carbonyl (C=O) groups is 1. The second kappa shape index (κ2) is 11.9. The highest BCUT2D eigenvalue weighted by Gasteiger charge is 2.22. The van der Waals surface area contributed by atoms with Crippen molar-refractivity contribution in [1.82, 2.24) is 34.8 Å². The molecule has 1 aromatic carbocycles. The number of ether oxygens (including phenoxy) is 1. The molecule has 1 saturated heterocycles. The number of fused-ring (bicyclic) bond motifs is 1. The highest BCUT2D eigenvalue weighted by atomic mass is 19.3. The fourth-order valence-corrected chi connectivity index (χ4v) is 4.48. The first-order chi connectivity index (χ1) is 18.3. The number of carbonyl (C=O) groups excluding carboxylic acids is 1. The Bertz CT molecular complexity index is 1390. The Morgan fingerprint density at radius 1 is 1.24 bits per heavy atom. The van der Waals surface area contributed by atoms with Crippen LogP contribution < -0.4 is 4.74 Å². The zero-order chi connectivity index (χ0) is 27.2. The molecule has 0 saturated carbocycles. The topological polar surface area (TPSA) is 102 Å². The molecule has 0 bridgehead atoms. The number of piperidine rings is 1. The van der Waals surface area contributed by atoms with Crippen molar-refractivity contribution in [1.29, 1.82) is 0 Å². The average Bonchev–Trinajstić information content (AvgIpc) is 3.56. The SMILES string of the molecule is C=CC(=O)N1CCCC[C@H]1C.Cc1n[nH]nc1-c1cc(O[C@H](C)c2ccccn2)c2c(c1)ncn2C(F)F. The number of pyridine rings is 1. The number of alkyl halides is 2. The van der Waals surface area contributed by atoms with Crippen LogP contribution >= 0.6 is 0 Å². The molecular weight excluding hydrogens is 492 g/mol. The molecule has 4 heterocycles. The van der Waals surface area contributed by atoms with Crippen molar-refractivity contribution in [3.63, 3.8) is 0 Å². The molecule has 3 aromatic heterocycles. The summed E-state index contributed by atoms with van der Waals surface area (Å²) in [6, 6.07) is 9.24. The molecule has 0 aliphatic carbocycles. The van der Waals surface area contributed by atoms with Gasteiger partial charge in [-0.1, -0.05) is 12.6 Å². The molecule has 1 N–H and O–H groups in total. The number of hydrogen-bond donors (Lipinski definition) is 1. The van der Waals surface area contributed by atoms with Crippen LogP contribution in [0.2, 0.25) is 0 Å². The summed E-state index contributed by atoms with van der Waals surface area (Å²) in [7, 11) is 0. The molecule has 5 rings (SSSR count). The zero-order valence-electron chi connectivity index (χ0n) is 21.6. The van der Waals surface area contributed by atoms with Crippen LogP contribution in [0.15, 0.2) is 55.5 Å². The highest BCUT2D eigenvalue weighted by molar-refractivity contribution is 5.88. The first-order valence-electron chi connectivity index (χ1n) is 12.5. The second-order valence-electron chi connectivity index (χ2n) is 9.12. The molecule has 9 nitrogen and oxygen atoms in total. The first kappa shape index (κ1) is 26.9. The molecule has 38 heavy (non-hydrogen) atoms. The van der Waals surface area contributed by atoms with Gasteiger partial charge in [0.2, 0.25) is 5.91 Å². The monoisotopic (exact) mass is 523 g/mol. The van der Waals surface area contributed by atoms with E-state index < -0.39 is 12.7 Å². The lowest BCUT2D eigenvalue weighted by Crippen LogP contribution is -2.40. The van der Waals surface area contributed by atoms with Gasteiger partial charge in [-0.25, -0.2) is 4.98 Å². The Hall–Kier alpha value is -4.15. The lowest BCUT2D eigenvalue weighted by Gasteiger charge is -2.32. The van der Waals surface area contributed by atoms with E-state index in [9.17, 15) is 13.6 Å². The smallest absolute Gasteiger partial charge is 0.320 e. The molecule has 1 aliphatic heterocycles. The van der Waals surface area contributed by atoms with Crippen molar-refractivity contribution in [2.24, 2.45) is 0 Å². The fraction of sp³-hybridized carbons (Fsp3) is 0.370. The van der Waals surface area contributed by atoms with Crippen molar-refractivity contribution in [3.8, 4) is 17.0 Å². The van der Waals surface area contributed by atoms with Gasteiger partial charge in [-0.2, -0.15) is 24.2 Å². The van der Waals surface area contributed by atoms with E-state index in [4.69, 9.17) is 4.74 Å². The van der Waals surface area contributed by atoms with Crippen LogP contribution in [-0.2, 0) is 4.79 Å². The molecule has 1 aliphatic rings. The van der Waals surface area contributed by atoms with Gasteiger partial charge in [0.15, 0.2) is 0 Å². The fourth-order valence-electron chi connectivity index (χ4n) is 4.48. The number of rotatable bonds is 6. The Morgan fingerprint density at radius 2 is 2.05 bits per heavy atom. The average molecular weight is 524 g/mol. The van der Waals surface area contributed by atoms with Gasteiger partial charge in [0.05, 0.1) is 16.9 Å². The molecule has 11 heteroatoms. The summed E-state index contributed by atoms with van der Waals surface area (Å²) in [6.45, 7) is 7.37. The lowest BCUT2D eigenvalue weighted by molar-refractivity contribution is -0.129. The predicted octanol–water partition coefficient (Wildman–Crippen LogP) is 5.63. The maximum absolute atomic E-state index is 13.4. The van der Waals surface area contributed by atoms with E-state index in [-0.39, 0.29) is 17.2 Å². The van der Waals surface area contributed by atoms with E-state index >= 15 is 0 Å². The third kappa shape index (κ3) is 5.87. The Morgan fingerprint density at radius 3 is 2.68 bits per heavy atom. The number of halogens is 2. The molecule has 0 radical (unpaired) electrons. The van der Waals surface area contributed by atoms with Crippen LogP contribution in [-0.4, -0.2) is 53.3 Å². The number of hydrogen-bond acceptors (Lipinski definition) is 6. The Kier molecular flexibility index (Phi) is 8.45. The van der Waals surface area contributed by atoms with Gasteiger partial charge in [0.25, 0.3) is 0 Å². The second-order valence-corrected chi connectivity index (χ2v) is 9.12. The van der Waals surface area contributed by atoms with Crippen LogP contribution in [0.1, 0.15) is 57.2 Å². The van der Waals surface area contributed by atoms with Crippen LogP contribution in [0, 0.1) is 6.92 Å². The number of benzene rings is 1. The number of nitrogens with one attached hydrogen (secondary N) is 1. The van der Waals surface area contributed by atoms with E-state index in [2.05, 4.69) is 38.9 Å². The van der Waals surface area contributed by atoms with Gasteiger partial charge in [-0.15, -0.1) is 0 Å². The van der Waals surface area contributed by atoms with E-state index in [0.29, 0.717) is 34.2 Å². The predicted molar refractivity (Wildman–Crippen MR) is 140 cm³/mol. The Balaban J connectivity index is 0.000000257. The maximum atomic E-state index is 13.4. The third-order valence-corrected chi connectivity index (χ3v) is 6.51. The maximum Gasteiger partial charge on any atom is 0.320 e. The molecule has 2 atom stereocenters. The van der Waals surface area contributed by atoms with Gasteiger partial charge >= 0.3 is 6.55 Å². The molecule has 4 aromatic rings. The number of H-pyrrole nitrogens is 1. The van der Waals surface area contributed by atoms with Crippen LogP contribution in [0.5, 0.6) is 5.75 Å². The van der Waals surface area contributed by atoms with E-state index in [1.807, 2.05) is 24.0 Å². The van der Waals surface area contributed by atoms with Crippen LogP contribution in [0.3, 0.4) is 0 Å². The van der Waals surface area contributed by atoms with Gasteiger partial charge in [0, 0.05) is 24.3 Å². The van der Waals surface area contributed by atoms with Gasteiger partial charge < -0.3 is 9.64 Å². The van der Waals surface area contributed by atoms with Crippen molar-refractivity contribution in [2.45, 2.75) is 58.7 Å². The summed E-state index contributed by atoms with van der Waals surface area (Å²) in [5, 5.41) is 10.7. The summed E-state index contributed by atoms with van der Waals surface area (Å²) in [4.78, 5) is 21.5. The minimum absolute atomic E-state index is 0.0807. The number of amides is 1. The summed E-state index contributed by atoms with van der Waals surface area (Å²) >= 11 is 0. The summed E-state index contributed by atoms with van der Waals surface area (Å²) in [6.07, 6.45) is 7.26.